The summed E-state index contributed by atoms with van der Waals surface area (Å²) in [4.78, 5) is 0. The maximum atomic E-state index is 9.60. The predicted octanol–water partition coefficient (Wildman–Crippen LogP) is 2.62. The fourth-order valence-electron chi connectivity index (χ4n) is 3.08. The van der Waals surface area contributed by atoms with Crippen LogP contribution in [-0.2, 0) is 0 Å². The number of benzene rings is 1. The third kappa shape index (κ3) is 4.89. The fourth-order valence-corrected chi connectivity index (χ4v) is 3.08. The Hall–Kier alpha value is -0.900. The number of aliphatic hydroxyl groups excluding tert-OH is 1. The summed E-state index contributed by atoms with van der Waals surface area (Å²) in [5, 5.41) is 16.8. The van der Waals surface area contributed by atoms with Gasteiger partial charge in [-0.05, 0) is 38.3 Å². The Balaban J connectivity index is 1.84. The Kier molecular flexibility index (Phi) is 6.51. The summed E-state index contributed by atoms with van der Waals surface area (Å²) in [6.07, 6.45) is 6.41. The molecule has 0 bridgehead atoms. The monoisotopic (exact) mass is 276 g/mol. The Bertz CT molecular complexity index is 361. The molecule has 1 aromatic rings. The van der Waals surface area contributed by atoms with Crippen molar-refractivity contribution in [3.8, 4) is 0 Å². The van der Waals surface area contributed by atoms with Gasteiger partial charge in [0.2, 0.25) is 0 Å². The summed E-state index contributed by atoms with van der Waals surface area (Å²) in [5.41, 5.74) is 1.16. The molecule has 1 saturated heterocycles. The van der Waals surface area contributed by atoms with Crippen LogP contribution in [0.3, 0.4) is 0 Å². The summed E-state index contributed by atoms with van der Waals surface area (Å²) in [7, 11) is 0. The van der Waals surface area contributed by atoms with Crippen molar-refractivity contribution in [2.24, 2.45) is 0 Å². The van der Waals surface area contributed by atoms with Gasteiger partial charge in [-0.3, -0.25) is 0 Å². The zero-order chi connectivity index (χ0) is 14.2. The lowest BCUT2D eigenvalue weighted by Gasteiger charge is -2.26. The highest BCUT2D eigenvalue weighted by Gasteiger charge is 2.18. The molecule has 1 aliphatic heterocycles. The highest BCUT2D eigenvalue weighted by molar-refractivity contribution is 5.19. The van der Waals surface area contributed by atoms with Crippen LogP contribution in [0, 0.1) is 0 Å². The van der Waals surface area contributed by atoms with Gasteiger partial charge in [-0.1, -0.05) is 43.2 Å². The van der Waals surface area contributed by atoms with Crippen molar-refractivity contribution in [3.05, 3.63) is 35.9 Å². The molecule has 0 saturated carbocycles. The predicted molar refractivity (Wildman–Crippen MR) is 83.7 cm³/mol. The van der Waals surface area contributed by atoms with E-state index in [9.17, 15) is 5.11 Å². The molecule has 1 aliphatic rings. The minimum Gasteiger partial charge on any atom is -0.394 e. The lowest BCUT2D eigenvalue weighted by Crippen LogP contribution is -2.39. The van der Waals surface area contributed by atoms with Gasteiger partial charge in [-0.2, -0.15) is 0 Å². The molecule has 0 amide bonds. The second-order valence-electron chi connectivity index (χ2n) is 5.95. The fraction of sp³-hybridized carbons (Fsp3) is 0.647. The molecule has 3 heteroatoms. The minimum atomic E-state index is 0.0389. The van der Waals surface area contributed by atoms with E-state index in [1.54, 1.807) is 0 Å². The van der Waals surface area contributed by atoms with E-state index in [1.165, 1.54) is 25.7 Å². The van der Waals surface area contributed by atoms with Gasteiger partial charge in [0.25, 0.3) is 0 Å². The van der Waals surface area contributed by atoms with Gasteiger partial charge < -0.3 is 15.7 Å². The highest BCUT2D eigenvalue weighted by Crippen LogP contribution is 2.16. The smallest absolute Gasteiger partial charge is 0.0626 e. The quantitative estimate of drug-likeness (QED) is 0.748. The van der Waals surface area contributed by atoms with Crippen LogP contribution in [0.1, 0.15) is 50.6 Å². The lowest BCUT2D eigenvalue weighted by molar-refractivity contribution is 0.229. The highest BCUT2D eigenvalue weighted by atomic mass is 16.3. The van der Waals surface area contributed by atoms with Crippen molar-refractivity contribution in [2.45, 2.75) is 57.2 Å². The third-order valence-corrected chi connectivity index (χ3v) is 4.17. The van der Waals surface area contributed by atoms with Gasteiger partial charge in [0.1, 0.15) is 0 Å². The topological polar surface area (TPSA) is 44.3 Å². The average molecular weight is 276 g/mol. The van der Waals surface area contributed by atoms with Crippen LogP contribution >= 0.6 is 0 Å². The van der Waals surface area contributed by atoms with E-state index in [-0.39, 0.29) is 12.6 Å². The molecule has 112 valence electrons. The van der Waals surface area contributed by atoms with Crippen LogP contribution < -0.4 is 10.6 Å². The molecule has 3 atom stereocenters. The first kappa shape index (κ1) is 15.5. The summed E-state index contributed by atoms with van der Waals surface area (Å²) in [6, 6.07) is 11.3. The van der Waals surface area contributed by atoms with Gasteiger partial charge in [-0.25, -0.2) is 0 Å². The van der Waals surface area contributed by atoms with E-state index in [0.717, 1.165) is 18.5 Å². The van der Waals surface area contributed by atoms with Crippen LogP contribution in [-0.4, -0.2) is 30.3 Å². The minimum absolute atomic E-state index is 0.0389. The Labute approximate surface area is 122 Å². The number of hydrogen-bond donors (Lipinski definition) is 3. The molecule has 3 N–H and O–H groups in total. The average Bonchev–Trinajstić information content (AvgIpc) is 2.74. The van der Waals surface area contributed by atoms with Crippen molar-refractivity contribution < 1.29 is 5.11 Å². The standard InChI is InChI=1S/C17H28N2O/c1-14(12-16-10-6-3-7-11-18-16)19-17(13-20)15-8-4-2-5-9-15/h2,4-5,8-9,14,16-20H,3,6-7,10-13H2,1H3/t14?,16?,17-/m0/s1. The molecule has 2 rings (SSSR count). The van der Waals surface area contributed by atoms with Crippen molar-refractivity contribution in [1.29, 1.82) is 0 Å². The van der Waals surface area contributed by atoms with Gasteiger partial charge in [0.05, 0.1) is 12.6 Å². The number of nitrogens with one attached hydrogen (secondary N) is 2. The van der Waals surface area contributed by atoms with Gasteiger partial charge in [0, 0.05) is 12.1 Å². The molecule has 0 radical (unpaired) electrons. The van der Waals surface area contributed by atoms with Crippen molar-refractivity contribution >= 4 is 0 Å². The molecular weight excluding hydrogens is 248 g/mol. The molecule has 3 nitrogen and oxygen atoms in total. The first-order valence-electron chi connectivity index (χ1n) is 7.95. The van der Waals surface area contributed by atoms with E-state index in [1.807, 2.05) is 18.2 Å². The number of rotatable bonds is 6. The molecule has 0 aliphatic carbocycles. The Morgan fingerprint density at radius 3 is 2.80 bits per heavy atom. The maximum Gasteiger partial charge on any atom is 0.0626 e. The Morgan fingerprint density at radius 2 is 2.05 bits per heavy atom. The number of aliphatic hydroxyl groups is 1. The zero-order valence-electron chi connectivity index (χ0n) is 12.5. The molecular formula is C17H28N2O. The van der Waals surface area contributed by atoms with Crippen LogP contribution in [0.25, 0.3) is 0 Å². The molecule has 1 heterocycles. The maximum absolute atomic E-state index is 9.60. The van der Waals surface area contributed by atoms with Gasteiger partial charge >= 0.3 is 0 Å². The zero-order valence-corrected chi connectivity index (χ0v) is 12.5. The lowest BCUT2D eigenvalue weighted by atomic mass is 10.0. The SMILES string of the molecule is CC(CC1CCCCCN1)N[C@@H](CO)c1ccccc1. The molecule has 1 fully saturated rings. The van der Waals surface area contributed by atoms with E-state index in [0.29, 0.717) is 12.1 Å². The summed E-state index contributed by atoms with van der Waals surface area (Å²) in [5.74, 6) is 0. The molecule has 0 spiro atoms. The first-order valence-corrected chi connectivity index (χ1v) is 7.95. The first-order chi connectivity index (χ1) is 9.79. The third-order valence-electron chi connectivity index (χ3n) is 4.17. The summed E-state index contributed by atoms with van der Waals surface area (Å²) >= 11 is 0. The van der Waals surface area contributed by atoms with Crippen molar-refractivity contribution in [2.75, 3.05) is 13.2 Å². The molecule has 1 aromatic carbocycles. The van der Waals surface area contributed by atoms with Crippen LogP contribution in [0.5, 0.6) is 0 Å². The summed E-state index contributed by atoms with van der Waals surface area (Å²) < 4.78 is 0. The molecule has 2 unspecified atom stereocenters. The Morgan fingerprint density at radius 1 is 1.25 bits per heavy atom. The van der Waals surface area contributed by atoms with Crippen LogP contribution in [0.15, 0.2) is 30.3 Å². The van der Waals surface area contributed by atoms with Crippen molar-refractivity contribution in [1.82, 2.24) is 10.6 Å². The van der Waals surface area contributed by atoms with Gasteiger partial charge in [-0.15, -0.1) is 0 Å². The second-order valence-corrected chi connectivity index (χ2v) is 5.95. The van der Waals surface area contributed by atoms with Crippen LogP contribution in [0.2, 0.25) is 0 Å². The normalized spacial score (nSPS) is 23.0. The summed E-state index contributed by atoms with van der Waals surface area (Å²) in [6.45, 7) is 3.52. The van der Waals surface area contributed by atoms with Gasteiger partial charge in [0.15, 0.2) is 0 Å². The van der Waals surface area contributed by atoms with E-state index in [2.05, 4.69) is 29.7 Å². The van der Waals surface area contributed by atoms with E-state index >= 15 is 0 Å². The number of hydrogen-bond acceptors (Lipinski definition) is 3. The van der Waals surface area contributed by atoms with E-state index in [4.69, 9.17) is 0 Å². The van der Waals surface area contributed by atoms with Crippen molar-refractivity contribution in [3.63, 3.8) is 0 Å². The molecule has 20 heavy (non-hydrogen) atoms. The van der Waals surface area contributed by atoms with Crippen LogP contribution in [0.4, 0.5) is 0 Å². The molecule has 0 aromatic heterocycles. The second kappa shape index (κ2) is 8.40. The van der Waals surface area contributed by atoms with E-state index < -0.39 is 0 Å². The largest absolute Gasteiger partial charge is 0.394 e.